The van der Waals surface area contributed by atoms with Gasteiger partial charge in [0.1, 0.15) is 12.3 Å². The molecule has 170 valence electrons. The summed E-state index contributed by atoms with van der Waals surface area (Å²) < 4.78 is 5.19. The number of likely N-dealkylation sites (tertiary alicyclic amines) is 1. The van der Waals surface area contributed by atoms with E-state index in [0.29, 0.717) is 17.0 Å². The van der Waals surface area contributed by atoms with E-state index >= 15 is 0 Å². The average molecular weight is 436 g/mol. The second-order valence-corrected chi connectivity index (χ2v) is 8.77. The Bertz CT molecular complexity index is 886. The fraction of sp³-hybridized carbons (Fsp3) is 0.462. The Labute approximate surface area is 190 Å². The van der Waals surface area contributed by atoms with E-state index in [1.54, 1.807) is 36.3 Å². The standard InChI is InChI=1S/C26H33N3O3/c1-32-24-13-11-20(12-14-24)26(31)29(23-9-3-2-4-10-23)19-25(30)27-21-15-17-28(18-16-21)22-7-5-6-8-22/h2-4,9-14,21-22H,5-8,15-19H2,1H3,(H,27,30). The van der Waals surface area contributed by atoms with Gasteiger partial charge in [-0.1, -0.05) is 31.0 Å². The zero-order valence-electron chi connectivity index (χ0n) is 18.8. The summed E-state index contributed by atoms with van der Waals surface area (Å²) in [4.78, 5) is 30.3. The topological polar surface area (TPSA) is 61.9 Å². The van der Waals surface area contributed by atoms with E-state index in [1.165, 1.54) is 25.7 Å². The van der Waals surface area contributed by atoms with E-state index in [9.17, 15) is 9.59 Å². The Morgan fingerprint density at radius 3 is 2.25 bits per heavy atom. The monoisotopic (exact) mass is 435 g/mol. The normalized spacial score (nSPS) is 17.8. The lowest BCUT2D eigenvalue weighted by atomic mass is 10.0. The number of nitrogens with zero attached hydrogens (tertiary/aromatic N) is 2. The molecule has 0 radical (unpaired) electrons. The first kappa shape index (κ1) is 22.3. The van der Waals surface area contributed by atoms with Crippen LogP contribution in [0.3, 0.4) is 0 Å². The number of hydrogen-bond donors (Lipinski definition) is 1. The Balaban J connectivity index is 1.38. The molecule has 0 atom stereocenters. The van der Waals surface area contributed by atoms with E-state index < -0.39 is 0 Å². The lowest BCUT2D eigenvalue weighted by Crippen LogP contribution is -2.50. The summed E-state index contributed by atoms with van der Waals surface area (Å²) in [5, 5.41) is 3.18. The summed E-state index contributed by atoms with van der Waals surface area (Å²) in [6.45, 7) is 2.09. The number of hydrogen-bond acceptors (Lipinski definition) is 4. The van der Waals surface area contributed by atoms with Gasteiger partial charge in [0, 0.05) is 36.4 Å². The van der Waals surface area contributed by atoms with Gasteiger partial charge >= 0.3 is 0 Å². The quantitative estimate of drug-likeness (QED) is 0.717. The zero-order valence-corrected chi connectivity index (χ0v) is 18.8. The highest BCUT2D eigenvalue weighted by molar-refractivity contribution is 6.08. The molecule has 2 fully saturated rings. The minimum absolute atomic E-state index is 0.00227. The smallest absolute Gasteiger partial charge is 0.258 e. The van der Waals surface area contributed by atoms with E-state index in [2.05, 4.69) is 10.2 Å². The van der Waals surface area contributed by atoms with Crippen molar-refractivity contribution in [3.05, 3.63) is 60.2 Å². The number of benzene rings is 2. The lowest BCUT2D eigenvalue weighted by Gasteiger charge is -2.36. The van der Waals surface area contributed by atoms with Gasteiger partial charge in [0.05, 0.1) is 7.11 Å². The third kappa shape index (κ3) is 5.49. The van der Waals surface area contributed by atoms with E-state index in [-0.39, 0.29) is 24.4 Å². The fourth-order valence-corrected chi connectivity index (χ4v) is 4.87. The van der Waals surface area contributed by atoms with Crippen LogP contribution in [-0.2, 0) is 4.79 Å². The highest BCUT2D eigenvalue weighted by atomic mass is 16.5. The molecule has 0 unspecified atom stereocenters. The molecule has 1 saturated heterocycles. The number of piperidine rings is 1. The molecular formula is C26H33N3O3. The number of carbonyl (C=O) groups excluding carboxylic acids is 2. The van der Waals surface area contributed by atoms with Crippen molar-refractivity contribution in [1.29, 1.82) is 0 Å². The Morgan fingerprint density at radius 1 is 0.969 bits per heavy atom. The van der Waals surface area contributed by atoms with Gasteiger partial charge in [0.25, 0.3) is 5.91 Å². The summed E-state index contributed by atoms with van der Waals surface area (Å²) in [7, 11) is 1.59. The van der Waals surface area contributed by atoms with Crippen LogP contribution in [0.4, 0.5) is 5.69 Å². The number of nitrogens with one attached hydrogen (secondary N) is 1. The molecule has 0 spiro atoms. The third-order valence-corrected chi connectivity index (χ3v) is 6.69. The van der Waals surface area contributed by atoms with E-state index in [0.717, 1.165) is 32.0 Å². The van der Waals surface area contributed by atoms with Crippen LogP contribution in [0, 0.1) is 0 Å². The second-order valence-electron chi connectivity index (χ2n) is 8.77. The molecule has 1 aliphatic heterocycles. The number of methoxy groups -OCH3 is 1. The van der Waals surface area contributed by atoms with Crippen LogP contribution >= 0.6 is 0 Å². The van der Waals surface area contributed by atoms with Gasteiger partial charge in [-0.2, -0.15) is 0 Å². The van der Waals surface area contributed by atoms with Gasteiger partial charge in [-0.15, -0.1) is 0 Å². The predicted octanol–water partition coefficient (Wildman–Crippen LogP) is 3.87. The van der Waals surface area contributed by atoms with Crippen LogP contribution in [-0.4, -0.2) is 55.5 Å². The second kappa shape index (κ2) is 10.6. The fourth-order valence-electron chi connectivity index (χ4n) is 4.87. The molecule has 1 aliphatic carbocycles. The molecule has 2 amide bonds. The Hall–Kier alpha value is -2.86. The SMILES string of the molecule is COc1ccc(C(=O)N(CC(=O)NC2CCN(C3CCCC3)CC2)c2ccccc2)cc1. The van der Waals surface area contributed by atoms with Crippen molar-refractivity contribution in [3.8, 4) is 5.75 Å². The van der Waals surface area contributed by atoms with Crippen molar-refractivity contribution >= 4 is 17.5 Å². The van der Waals surface area contributed by atoms with Crippen molar-refractivity contribution in [2.24, 2.45) is 0 Å². The maximum atomic E-state index is 13.3. The van der Waals surface area contributed by atoms with Crippen molar-refractivity contribution in [1.82, 2.24) is 10.2 Å². The van der Waals surface area contributed by atoms with Crippen molar-refractivity contribution < 1.29 is 14.3 Å². The van der Waals surface area contributed by atoms with Gasteiger partial charge in [0.15, 0.2) is 0 Å². The van der Waals surface area contributed by atoms with Crippen LogP contribution in [0.25, 0.3) is 0 Å². The first-order valence-electron chi connectivity index (χ1n) is 11.7. The number of anilines is 1. The molecule has 2 aromatic carbocycles. The van der Waals surface area contributed by atoms with Crippen LogP contribution in [0.5, 0.6) is 5.75 Å². The van der Waals surface area contributed by atoms with Gasteiger partial charge < -0.3 is 15.0 Å². The van der Waals surface area contributed by atoms with Crippen molar-refractivity contribution in [2.45, 2.75) is 50.6 Å². The zero-order chi connectivity index (χ0) is 22.3. The number of carbonyl (C=O) groups is 2. The number of amides is 2. The van der Waals surface area contributed by atoms with Gasteiger partial charge in [-0.05, 0) is 62.1 Å². The first-order valence-corrected chi connectivity index (χ1v) is 11.7. The van der Waals surface area contributed by atoms with Crippen LogP contribution in [0.15, 0.2) is 54.6 Å². The third-order valence-electron chi connectivity index (χ3n) is 6.69. The molecule has 4 rings (SSSR count). The minimum Gasteiger partial charge on any atom is -0.497 e. The highest BCUT2D eigenvalue weighted by Crippen LogP contribution is 2.26. The maximum absolute atomic E-state index is 13.3. The van der Waals surface area contributed by atoms with Crippen LogP contribution in [0.1, 0.15) is 48.9 Å². The molecule has 32 heavy (non-hydrogen) atoms. The van der Waals surface area contributed by atoms with Gasteiger partial charge in [-0.3, -0.25) is 14.5 Å². The highest BCUT2D eigenvalue weighted by Gasteiger charge is 2.28. The molecule has 6 nitrogen and oxygen atoms in total. The largest absolute Gasteiger partial charge is 0.497 e. The molecule has 1 heterocycles. The van der Waals surface area contributed by atoms with Crippen LogP contribution < -0.4 is 15.0 Å². The van der Waals surface area contributed by atoms with E-state index in [1.807, 2.05) is 30.3 Å². The van der Waals surface area contributed by atoms with Gasteiger partial charge in [-0.25, -0.2) is 0 Å². The molecular weight excluding hydrogens is 402 g/mol. The molecule has 1 saturated carbocycles. The summed E-state index contributed by atoms with van der Waals surface area (Å²) in [5.74, 6) is 0.370. The lowest BCUT2D eigenvalue weighted by molar-refractivity contribution is -0.120. The van der Waals surface area contributed by atoms with Crippen LogP contribution in [0.2, 0.25) is 0 Å². The molecule has 0 aromatic heterocycles. The molecule has 2 aromatic rings. The molecule has 6 heteroatoms. The average Bonchev–Trinajstić information content (AvgIpc) is 3.38. The summed E-state index contributed by atoms with van der Waals surface area (Å²) in [5.41, 5.74) is 1.23. The Kier molecular flexibility index (Phi) is 7.43. The number of rotatable bonds is 7. The summed E-state index contributed by atoms with van der Waals surface area (Å²) >= 11 is 0. The number of ether oxygens (including phenoxy) is 1. The van der Waals surface area contributed by atoms with Gasteiger partial charge in [0.2, 0.25) is 5.91 Å². The Morgan fingerprint density at radius 2 is 1.62 bits per heavy atom. The minimum atomic E-state index is -0.204. The summed E-state index contributed by atoms with van der Waals surface area (Å²) in [6, 6.07) is 17.3. The van der Waals surface area contributed by atoms with Crippen molar-refractivity contribution in [3.63, 3.8) is 0 Å². The molecule has 2 aliphatic rings. The van der Waals surface area contributed by atoms with E-state index in [4.69, 9.17) is 4.74 Å². The molecule has 1 N–H and O–H groups in total. The maximum Gasteiger partial charge on any atom is 0.258 e. The molecule has 0 bridgehead atoms. The van der Waals surface area contributed by atoms with Crippen molar-refractivity contribution in [2.75, 3.05) is 31.6 Å². The first-order chi connectivity index (χ1) is 15.6. The number of para-hydroxylation sites is 1. The summed E-state index contributed by atoms with van der Waals surface area (Å²) in [6.07, 6.45) is 7.27. The predicted molar refractivity (Wildman–Crippen MR) is 126 cm³/mol.